The summed E-state index contributed by atoms with van der Waals surface area (Å²) in [5.74, 6) is -0.176. The molecule has 0 radical (unpaired) electrons. The van der Waals surface area contributed by atoms with Gasteiger partial charge in [-0.25, -0.2) is 14.4 Å². The van der Waals surface area contributed by atoms with Crippen LogP contribution in [0, 0.1) is 0 Å². The standard InChI is InChI=1S/C21H16N4O4S/c26-20-17-11-5-4-10-16(17)18(21(27)25(20)19-12-6-7-13-22-19)14-23-24-30(28,29)15-8-2-1-3-9-15/h1-14,24,27H/b23-14+. The fraction of sp³-hybridized carbons (Fsp3) is 0. The molecule has 2 N–H and O–H groups in total. The smallest absolute Gasteiger partial charge is 0.276 e. The monoisotopic (exact) mass is 420 g/mol. The average Bonchev–Trinajstić information content (AvgIpc) is 2.77. The summed E-state index contributed by atoms with van der Waals surface area (Å²) in [5.41, 5.74) is -0.282. The summed E-state index contributed by atoms with van der Waals surface area (Å²) in [6.45, 7) is 0. The minimum atomic E-state index is -3.88. The Labute approximate surface area is 171 Å². The van der Waals surface area contributed by atoms with E-state index in [0.29, 0.717) is 10.8 Å². The maximum atomic E-state index is 12.9. The first-order chi connectivity index (χ1) is 14.5. The zero-order valence-electron chi connectivity index (χ0n) is 15.5. The van der Waals surface area contributed by atoms with E-state index in [1.165, 1.54) is 18.3 Å². The molecule has 0 unspecified atom stereocenters. The van der Waals surface area contributed by atoms with Gasteiger partial charge in [0.1, 0.15) is 5.82 Å². The van der Waals surface area contributed by atoms with Crippen molar-refractivity contribution in [2.24, 2.45) is 5.10 Å². The van der Waals surface area contributed by atoms with Gasteiger partial charge in [-0.1, -0.05) is 42.5 Å². The lowest BCUT2D eigenvalue weighted by Gasteiger charge is -2.12. The number of pyridine rings is 2. The van der Waals surface area contributed by atoms with E-state index in [0.717, 1.165) is 10.8 Å². The van der Waals surface area contributed by atoms with E-state index in [1.807, 2.05) is 0 Å². The third kappa shape index (κ3) is 3.53. The molecule has 2 aromatic carbocycles. The number of benzene rings is 2. The normalized spacial score (nSPS) is 11.7. The van der Waals surface area contributed by atoms with E-state index >= 15 is 0 Å². The summed E-state index contributed by atoms with van der Waals surface area (Å²) in [4.78, 5) is 19.2. The van der Waals surface area contributed by atoms with Gasteiger partial charge in [0.05, 0.1) is 16.7 Å². The summed E-state index contributed by atoms with van der Waals surface area (Å²) in [5, 5.41) is 15.4. The molecule has 2 heterocycles. The molecule has 4 aromatic rings. The first kappa shape index (κ1) is 19.3. The van der Waals surface area contributed by atoms with E-state index in [-0.39, 0.29) is 16.3 Å². The van der Waals surface area contributed by atoms with Crippen molar-refractivity contribution < 1.29 is 13.5 Å². The highest BCUT2D eigenvalue weighted by Gasteiger charge is 2.17. The quantitative estimate of drug-likeness (QED) is 0.380. The van der Waals surface area contributed by atoms with Crippen LogP contribution in [0.2, 0.25) is 0 Å². The number of aromatic nitrogens is 2. The van der Waals surface area contributed by atoms with Gasteiger partial charge in [0.15, 0.2) is 0 Å². The maximum absolute atomic E-state index is 12.9. The predicted octanol–water partition coefficient (Wildman–Crippen LogP) is 2.40. The Bertz CT molecular complexity index is 1400. The van der Waals surface area contributed by atoms with E-state index in [9.17, 15) is 18.3 Å². The molecule has 0 amide bonds. The highest BCUT2D eigenvalue weighted by Crippen LogP contribution is 2.25. The topological polar surface area (TPSA) is 114 Å². The zero-order valence-corrected chi connectivity index (χ0v) is 16.3. The maximum Gasteiger partial charge on any atom is 0.276 e. The number of nitrogens with zero attached hydrogens (tertiary/aromatic N) is 3. The summed E-state index contributed by atoms with van der Waals surface area (Å²) >= 11 is 0. The highest BCUT2D eigenvalue weighted by molar-refractivity contribution is 7.89. The molecule has 9 heteroatoms. The lowest BCUT2D eigenvalue weighted by molar-refractivity contribution is 0.435. The van der Waals surface area contributed by atoms with E-state index < -0.39 is 21.5 Å². The second-order valence-electron chi connectivity index (χ2n) is 6.28. The Hall–Kier alpha value is -3.98. The predicted molar refractivity (Wildman–Crippen MR) is 113 cm³/mol. The van der Waals surface area contributed by atoms with Crippen LogP contribution in [-0.4, -0.2) is 29.3 Å². The van der Waals surface area contributed by atoms with Crippen LogP contribution in [0.5, 0.6) is 5.88 Å². The molecule has 2 aromatic heterocycles. The molecule has 30 heavy (non-hydrogen) atoms. The first-order valence-electron chi connectivity index (χ1n) is 8.87. The second-order valence-corrected chi connectivity index (χ2v) is 7.94. The Morgan fingerprint density at radius 3 is 2.30 bits per heavy atom. The van der Waals surface area contributed by atoms with Crippen LogP contribution in [0.25, 0.3) is 16.6 Å². The fourth-order valence-corrected chi connectivity index (χ4v) is 3.81. The molecule has 0 saturated heterocycles. The summed E-state index contributed by atoms with van der Waals surface area (Å²) in [6, 6.07) is 19.4. The zero-order chi connectivity index (χ0) is 21.1. The van der Waals surface area contributed by atoms with Gasteiger partial charge in [-0.2, -0.15) is 13.5 Å². The highest BCUT2D eigenvalue weighted by atomic mass is 32.2. The molecule has 0 aliphatic rings. The summed E-state index contributed by atoms with van der Waals surface area (Å²) < 4.78 is 25.8. The van der Waals surface area contributed by atoms with Gasteiger partial charge in [-0.05, 0) is 30.3 Å². The number of rotatable bonds is 5. The van der Waals surface area contributed by atoms with Crippen LogP contribution in [0.3, 0.4) is 0 Å². The minimum absolute atomic E-state index is 0.0506. The van der Waals surface area contributed by atoms with Crippen LogP contribution in [0.15, 0.2) is 93.8 Å². The molecule has 0 fully saturated rings. The van der Waals surface area contributed by atoms with Crippen LogP contribution < -0.4 is 10.4 Å². The van der Waals surface area contributed by atoms with Crippen molar-refractivity contribution in [3.63, 3.8) is 0 Å². The second kappa shape index (κ2) is 7.80. The summed E-state index contributed by atoms with van der Waals surface area (Å²) in [6.07, 6.45) is 2.66. The number of aromatic hydroxyl groups is 1. The molecule has 0 aliphatic carbocycles. The van der Waals surface area contributed by atoms with Crippen LogP contribution in [-0.2, 0) is 10.0 Å². The van der Waals surface area contributed by atoms with Crippen molar-refractivity contribution in [1.82, 2.24) is 14.4 Å². The first-order valence-corrected chi connectivity index (χ1v) is 10.4. The SMILES string of the molecule is O=c1c2ccccc2c(/C=N/NS(=O)(=O)c2ccccc2)c(O)n1-c1ccccn1. The number of hydrogen-bond acceptors (Lipinski definition) is 6. The third-order valence-corrected chi connectivity index (χ3v) is 5.64. The Kier molecular flexibility index (Phi) is 5.03. The van der Waals surface area contributed by atoms with Crippen LogP contribution in [0.4, 0.5) is 0 Å². The van der Waals surface area contributed by atoms with Crippen molar-refractivity contribution >= 4 is 27.0 Å². The molecule has 0 bridgehead atoms. The van der Waals surface area contributed by atoms with Crippen LogP contribution in [0.1, 0.15) is 5.56 Å². The average molecular weight is 420 g/mol. The van der Waals surface area contributed by atoms with Crippen molar-refractivity contribution in [3.8, 4) is 11.7 Å². The lowest BCUT2D eigenvalue weighted by Crippen LogP contribution is -2.21. The van der Waals surface area contributed by atoms with Gasteiger partial charge in [0, 0.05) is 17.0 Å². The molecule has 0 aliphatic heterocycles. The van der Waals surface area contributed by atoms with Gasteiger partial charge in [-0.3, -0.25) is 4.79 Å². The number of sulfonamides is 1. The number of hydrogen-bond donors (Lipinski definition) is 2. The van der Waals surface area contributed by atoms with Gasteiger partial charge >= 0.3 is 0 Å². The van der Waals surface area contributed by atoms with Gasteiger partial charge in [-0.15, -0.1) is 0 Å². The molecule has 4 rings (SSSR count). The Balaban J connectivity index is 1.83. The molecule has 8 nitrogen and oxygen atoms in total. The van der Waals surface area contributed by atoms with Gasteiger partial charge < -0.3 is 5.11 Å². The number of hydrazone groups is 1. The fourth-order valence-electron chi connectivity index (χ4n) is 3.00. The molecule has 0 atom stereocenters. The summed E-state index contributed by atoms with van der Waals surface area (Å²) in [7, 11) is -3.88. The molecular weight excluding hydrogens is 404 g/mol. The molecule has 0 saturated carbocycles. The van der Waals surface area contributed by atoms with E-state index in [4.69, 9.17) is 0 Å². The Morgan fingerprint density at radius 2 is 1.60 bits per heavy atom. The molecule has 0 spiro atoms. The van der Waals surface area contributed by atoms with Crippen molar-refractivity contribution in [3.05, 3.63) is 94.9 Å². The largest absolute Gasteiger partial charge is 0.494 e. The van der Waals surface area contributed by atoms with Crippen LogP contribution >= 0.6 is 0 Å². The molecular formula is C21H16N4O4S. The van der Waals surface area contributed by atoms with Crippen molar-refractivity contribution in [2.75, 3.05) is 0 Å². The molecule has 150 valence electrons. The van der Waals surface area contributed by atoms with Crippen molar-refractivity contribution in [1.29, 1.82) is 0 Å². The number of nitrogens with one attached hydrogen (secondary N) is 1. The Morgan fingerprint density at radius 1 is 0.933 bits per heavy atom. The van der Waals surface area contributed by atoms with Crippen molar-refractivity contribution in [2.45, 2.75) is 4.90 Å². The third-order valence-electron chi connectivity index (χ3n) is 4.40. The van der Waals surface area contributed by atoms with Gasteiger partial charge in [0.2, 0.25) is 5.88 Å². The van der Waals surface area contributed by atoms with Gasteiger partial charge in [0.25, 0.3) is 15.6 Å². The number of fused-ring (bicyclic) bond motifs is 1. The minimum Gasteiger partial charge on any atom is -0.494 e. The lowest BCUT2D eigenvalue weighted by atomic mass is 10.1. The van der Waals surface area contributed by atoms with E-state index in [1.54, 1.807) is 60.7 Å². The van der Waals surface area contributed by atoms with E-state index in [2.05, 4.69) is 14.9 Å².